The van der Waals surface area contributed by atoms with Crippen LogP contribution in [-0.2, 0) is 0 Å². The van der Waals surface area contributed by atoms with Crippen LogP contribution in [0, 0.1) is 5.82 Å². The van der Waals surface area contributed by atoms with E-state index in [4.69, 9.17) is 0 Å². The molecule has 1 saturated heterocycles. The smallest absolute Gasteiger partial charge is 0.211 e. The third-order valence-electron chi connectivity index (χ3n) is 4.47. The molecular formula is C19H17FN2OS. The number of benzene rings is 2. The van der Waals surface area contributed by atoms with Crippen molar-refractivity contribution in [1.29, 1.82) is 0 Å². The molecule has 0 aliphatic carbocycles. The molecule has 0 bridgehead atoms. The van der Waals surface area contributed by atoms with Crippen LogP contribution in [-0.4, -0.2) is 26.2 Å². The maximum absolute atomic E-state index is 13.0. The summed E-state index contributed by atoms with van der Waals surface area (Å²) in [7, 11) is 0. The third-order valence-corrected chi connectivity index (χ3v) is 5.43. The van der Waals surface area contributed by atoms with Gasteiger partial charge in [0.1, 0.15) is 5.82 Å². The van der Waals surface area contributed by atoms with E-state index in [1.54, 1.807) is 11.3 Å². The van der Waals surface area contributed by atoms with Gasteiger partial charge in [-0.1, -0.05) is 12.1 Å². The zero-order valence-corrected chi connectivity index (χ0v) is 13.9. The van der Waals surface area contributed by atoms with E-state index >= 15 is 0 Å². The first-order valence-corrected chi connectivity index (χ1v) is 8.86. The summed E-state index contributed by atoms with van der Waals surface area (Å²) in [4.78, 5) is 17.1. The molecule has 2 heterocycles. The van der Waals surface area contributed by atoms with Gasteiger partial charge in [-0.05, 0) is 36.4 Å². The second-order valence-corrected chi connectivity index (χ2v) is 6.81. The summed E-state index contributed by atoms with van der Waals surface area (Å²) in [5, 5.41) is 2.76. The summed E-state index contributed by atoms with van der Waals surface area (Å²) in [6.07, 6.45) is 0. The molecular weight excluding hydrogens is 323 g/mol. The van der Waals surface area contributed by atoms with Gasteiger partial charge in [-0.15, -0.1) is 11.3 Å². The van der Waals surface area contributed by atoms with Crippen molar-refractivity contribution in [2.45, 2.75) is 0 Å². The van der Waals surface area contributed by atoms with Gasteiger partial charge in [-0.25, -0.2) is 4.39 Å². The van der Waals surface area contributed by atoms with Crippen LogP contribution in [0.25, 0.3) is 10.1 Å². The van der Waals surface area contributed by atoms with Crippen LogP contribution in [0.1, 0.15) is 0 Å². The van der Waals surface area contributed by atoms with E-state index in [9.17, 15) is 9.18 Å². The highest BCUT2D eigenvalue weighted by Gasteiger charge is 2.20. The van der Waals surface area contributed by atoms with Crippen LogP contribution in [0.3, 0.4) is 0 Å². The Labute approximate surface area is 143 Å². The quantitative estimate of drug-likeness (QED) is 0.710. The molecule has 24 heavy (non-hydrogen) atoms. The van der Waals surface area contributed by atoms with E-state index in [2.05, 4.69) is 9.80 Å². The van der Waals surface area contributed by atoms with E-state index in [0.29, 0.717) is 0 Å². The predicted octanol–water partition coefficient (Wildman–Crippen LogP) is 3.73. The molecule has 1 aliphatic rings. The Hall–Kier alpha value is -2.40. The number of piperazine rings is 1. The molecule has 0 amide bonds. The number of hydrogen-bond acceptors (Lipinski definition) is 4. The maximum Gasteiger partial charge on any atom is 0.211 e. The van der Waals surface area contributed by atoms with Gasteiger partial charge < -0.3 is 9.80 Å². The fourth-order valence-electron chi connectivity index (χ4n) is 3.14. The molecule has 0 atom stereocenters. The molecule has 4 rings (SSSR count). The van der Waals surface area contributed by atoms with Crippen LogP contribution in [0.15, 0.2) is 58.7 Å². The predicted molar refractivity (Wildman–Crippen MR) is 98.9 cm³/mol. The van der Waals surface area contributed by atoms with E-state index < -0.39 is 0 Å². The number of nitrogens with zero attached hydrogens (tertiary/aromatic N) is 2. The topological polar surface area (TPSA) is 23.6 Å². The van der Waals surface area contributed by atoms with Gasteiger partial charge in [-0.3, -0.25) is 4.79 Å². The Balaban J connectivity index is 1.55. The van der Waals surface area contributed by atoms with Gasteiger partial charge in [0.05, 0.1) is 5.69 Å². The summed E-state index contributed by atoms with van der Waals surface area (Å²) >= 11 is 1.61. The average Bonchev–Trinajstić information content (AvgIpc) is 2.63. The van der Waals surface area contributed by atoms with Crippen molar-refractivity contribution < 1.29 is 4.39 Å². The molecule has 0 radical (unpaired) electrons. The average molecular weight is 340 g/mol. The second kappa shape index (κ2) is 6.24. The molecule has 1 aliphatic heterocycles. The van der Waals surface area contributed by atoms with Gasteiger partial charge in [0.25, 0.3) is 0 Å². The molecule has 0 N–H and O–H groups in total. The molecule has 0 saturated carbocycles. The van der Waals surface area contributed by atoms with Crippen LogP contribution in [0.5, 0.6) is 0 Å². The van der Waals surface area contributed by atoms with Crippen molar-refractivity contribution in [3.63, 3.8) is 0 Å². The molecule has 3 aromatic rings. The van der Waals surface area contributed by atoms with Gasteiger partial charge in [-0.2, -0.15) is 0 Å². The number of rotatable bonds is 2. The Kier molecular flexibility index (Phi) is 3.94. The van der Waals surface area contributed by atoms with Crippen LogP contribution >= 0.6 is 11.3 Å². The minimum absolute atomic E-state index is 0.111. The van der Waals surface area contributed by atoms with Crippen molar-refractivity contribution >= 4 is 32.8 Å². The molecule has 1 fully saturated rings. The zero-order valence-electron chi connectivity index (χ0n) is 13.1. The molecule has 0 unspecified atom stereocenters. The molecule has 122 valence electrons. The van der Waals surface area contributed by atoms with E-state index in [0.717, 1.165) is 47.6 Å². The summed E-state index contributed by atoms with van der Waals surface area (Å²) in [5.74, 6) is -0.217. The summed E-state index contributed by atoms with van der Waals surface area (Å²) < 4.78 is 14.1. The first kappa shape index (κ1) is 15.1. The Morgan fingerprint density at radius 2 is 1.54 bits per heavy atom. The van der Waals surface area contributed by atoms with E-state index in [1.807, 2.05) is 41.8 Å². The SMILES string of the molecule is O=c1c(N2CCN(c3ccc(F)cc3)CC2)csc2ccccc12. The minimum atomic E-state index is -0.217. The first-order valence-electron chi connectivity index (χ1n) is 7.98. The Morgan fingerprint density at radius 3 is 2.29 bits per heavy atom. The first-order chi connectivity index (χ1) is 11.7. The van der Waals surface area contributed by atoms with Crippen molar-refractivity contribution in [1.82, 2.24) is 0 Å². The number of halogens is 1. The highest BCUT2D eigenvalue weighted by atomic mass is 32.1. The summed E-state index contributed by atoms with van der Waals surface area (Å²) in [5.41, 5.74) is 1.93. The number of hydrogen-bond donors (Lipinski definition) is 0. The highest BCUT2D eigenvalue weighted by Crippen LogP contribution is 2.23. The number of anilines is 2. The van der Waals surface area contributed by atoms with Gasteiger partial charge in [0.15, 0.2) is 0 Å². The van der Waals surface area contributed by atoms with Crippen LogP contribution in [0.2, 0.25) is 0 Å². The lowest BCUT2D eigenvalue weighted by Gasteiger charge is -2.37. The lowest BCUT2D eigenvalue weighted by molar-refractivity contribution is 0.624. The lowest BCUT2D eigenvalue weighted by Crippen LogP contribution is -2.47. The lowest BCUT2D eigenvalue weighted by atomic mass is 10.2. The summed E-state index contributed by atoms with van der Waals surface area (Å²) in [6, 6.07) is 14.3. The minimum Gasteiger partial charge on any atom is -0.368 e. The van der Waals surface area contributed by atoms with Crippen LogP contribution in [0.4, 0.5) is 15.8 Å². The molecule has 5 heteroatoms. The van der Waals surface area contributed by atoms with Crippen molar-refractivity contribution in [2.24, 2.45) is 0 Å². The third kappa shape index (κ3) is 2.76. The molecule has 2 aromatic carbocycles. The van der Waals surface area contributed by atoms with Gasteiger partial charge in [0.2, 0.25) is 5.43 Å². The van der Waals surface area contributed by atoms with Gasteiger partial charge in [0, 0.05) is 47.3 Å². The standard InChI is InChI=1S/C19H17FN2OS/c20-14-5-7-15(8-6-14)21-9-11-22(12-10-21)17-13-24-18-4-2-1-3-16(18)19(17)23/h1-8,13H,9-12H2. The highest BCUT2D eigenvalue weighted by molar-refractivity contribution is 7.16. The number of fused-ring (bicyclic) bond motifs is 1. The summed E-state index contributed by atoms with van der Waals surface area (Å²) in [6.45, 7) is 3.22. The van der Waals surface area contributed by atoms with Crippen molar-refractivity contribution in [2.75, 3.05) is 36.0 Å². The zero-order chi connectivity index (χ0) is 16.5. The van der Waals surface area contributed by atoms with Crippen molar-refractivity contribution in [3.8, 4) is 0 Å². The maximum atomic E-state index is 13.0. The molecule has 1 aromatic heterocycles. The fourth-order valence-corrected chi connectivity index (χ4v) is 4.08. The molecule has 3 nitrogen and oxygen atoms in total. The largest absolute Gasteiger partial charge is 0.368 e. The monoisotopic (exact) mass is 340 g/mol. The second-order valence-electron chi connectivity index (χ2n) is 5.90. The Morgan fingerprint density at radius 1 is 0.875 bits per heavy atom. The van der Waals surface area contributed by atoms with Gasteiger partial charge >= 0.3 is 0 Å². The fraction of sp³-hybridized carbons (Fsp3) is 0.211. The molecule has 0 spiro atoms. The van der Waals surface area contributed by atoms with Crippen LogP contribution < -0.4 is 15.2 Å². The Bertz CT molecular complexity index is 915. The van der Waals surface area contributed by atoms with E-state index in [1.165, 1.54) is 12.1 Å². The van der Waals surface area contributed by atoms with E-state index in [-0.39, 0.29) is 11.2 Å². The van der Waals surface area contributed by atoms with Crippen molar-refractivity contribution in [3.05, 3.63) is 70.0 Å². The normalized spacial score (nSPS) is 15.0.